The first-order valence-corrected chi connectivity index (χ1v) is 16.6. The second kappa shape index (κ2) is 21.4. The molecule has 0 spiro atoms. The number of fused-ring (bicyclic) bond motifs is 1. The number of carbonyl (C=O) groups is 4. The van der Waals surface area contributed by atoms with Gasteiger partial charge in [0, 0.05) is 48.6 Å². The lowest BCUT2D eigenvalue weighted by Crippen LogP contribution is -2.36. The average Bonchev–Trinajstić information content (AvgIpc) is 3.58. The molecule has 0 aromatic heterocycles. The molecule has 0 bridgehead atoms. The van der Waals surface area contributed by atoms with Crippen LogP contribution in [0, 0.1) is 0 Å². The van der Waals surface area contributed by atoms with Crippen LogP contribution in [0.4, 0.5) is 4.79 Å². The Bertz CT molecular complexity index is 1150. The van der Waals surface area contributed by atoms with E-state index >= 15 is 0 Å². The predicted octanol–water partition coefficient (Wildman–Crippen LogP) is 1.40. The maximum absolute atomic E-state index is 12.0. The van der Waals surface area contributed by atoms with Crippen LogP contribution in [0.25, 0.3) is 6.08 Å². The number of amides is 4. The number of ether oxygens (including phenoxy) is 4. The molecule has 3 rings (SSSR count). The van der Waals surface area contributed by atoms with E-state index in [9.17, 15) is 24.3 Å². The molecule has 0 aliphatic carbocycles. The molecule has 2 saturated heterocycles. The number of aromatic hydroxyl groups is 1. The van der Waals surface area contributed by atoms with Gasteiger partial charge in [-0.05, 0) is 30.5 Å². The van der Waals surface area contributed by atoms with Crippen LogP contribution >= 0.6 is 11.8 Å². The lowest BCUT2D eigenvalue weighted by Gasteiger charge is -2.16. The number of nitrogens with one attached hydrogen (secondary N) is 4. The maximum atomic E-state index is 12.0. The average molecular weight is 667 g/mol. The van der Waals surface area contributed by atoms with Gasteiger partial charge < -0.3 is 50.4 Å². The Kier molecular flexibility index (Phi) is 17.3. The number of phenols is 1. The highest BCUT2D eigenvalue weighted by atomic mass is 32.2. The third-order valence-corrected chi connectivity index (χ3v) is 8.74. The van der Waals surface area contributed by atoms with E-state index in [-0.39, 0.29) is 55.3 Å². The number of thioether (sulfide) groups is 1. The molecule has 256 valence electrons. The summed E-state index contributed by atoms with van der Waals surface area (Å²) in [5, 5.41) is 30.6. The second-order valence-electron chi connectivity index (χ2n) is 10.8. The van der Waals surface area contributed by atoms with Gasteiger partial charge >= 0.3 is 12.0 Å². The summed E-state index contributed by atoms with van der Waals surface area (Å²) in [7, 11) is 0. The molecule has 15 heteroatoms. The number of hydrogen-bond acceptors (Lipinski definition) is 10. The minimum absolute atomic E-state index is 0.0205. The first kappa shape index (κ1) is 37.1. The molecule has 1 aromatic rings. The minimum atomic E-state index is -1.11. The topological polar surface area (TPSA) is 194 Å². The van der Waals surface area contributed by atoms with Gasteiger partial charge in [-0.3, -0.25) is 9.59 Å². The Morgan fingerprint density at radius 1 is 0.891 bits per heavy atom. The van der Waals surface area contributed by atoms with Crippen molar-refractivity contribution in [2.75, 3.05) is 65.2 Å². The van der Waals surface area contributed by atoms with E-state index in [1.165, 1.54) is 12.1 Å². The summed E-state index contributed by atoms with van der Waals surface area (Å²) in [5.41, 5.74) is 1.06. The number of unbranched alkanes of at least 4 members (excludes halogenated alkanes) is 1. The molecule has 2 aliphatic heterocycles. The number of aliphatic carboxylic acids is 1. The smallest absolute Gasteiger partial charge is 0.328 e. The van der Waals surface area contributed by atoms with Crippen LogP contribution in [-0.2, 0) is 39.9 Å². The highest BCUT2D eigenvalue weighted by Crippen LogP contribution is 2.33. The van der Waals surface area contributed by atoms with Gasteiger partial charge in [0.25, 0.3) is 0 Å². The van der Waals surface area contributed by atoms with Crippen molar-refractivity contribution in [2.24, 2.45) is 0 Å². The molecule has 4 amide bonds. The number of urea groups is 1. The number of carboxylic acid groups (broad SMARTS) is 1. The van der Waals surface area contributed by atoms with Crippen molar-refractivity contribution in [3.63, 3.8) is 0 Å². The van der Waals surface area contributed by atoms with E-state index < -0.39 is 5.97 Å². The third-order valence-electron chi connectivity index (χ3n) is 7.23. The van der Waals surface area contributed by atoms with E-state index in [0.717, 1.165) is 31.1 Å². The first-order valence-electron chi connectivity index (χ1n) is 15.6. The SMILES string of the molecule is O=C(O)/C=C/c1ccc(CNC(=O)CCOCCOCCOCCOCCNC(=O)CCCCC2SCC3NC(=O)NC32)cc1O. The van der Waals surface area contributed by atoms with Crippen LogP contribution < -0.4 is 21.3 Å². The molecule has 46 heavy (non-hydrogen) atoms. The van der Waals surface area contributed by atoms with Gasteiger partial charge in [0.1, 0.15) is 5.75 Å². The fourth-order valence-corrected chi connectivity index (χ4v) is 6.39. The highest BCUT2D eigenvalue weighted by Gasteiger charge is 2.42. The van der Waals surface area contributed by atoms with E-state index in [1.807, 2.05) is 11.8 Å². The highest BCUT2D eigenvalue weighted by molar-refractivity contribution is 8.00. The van der Waals surface area contributed by atoms with Crippen LogP contribution in [0.15, 0.2) is 24.3 Å². The fraction of sp³-hybridized carbons (Fsp3) is 0.613. The van der Waals surface area contributed by atoms with Crippen LogP contribution in [-0.4, -0.2) is 117 Å². The summed E-state index contributed by atoms with van der Waals surface area (Å²) < 4.78 is 21.8. The molecule has 6 N–H and O–H groups in total. The molecule has 2 aliphatic rings. The normalized spacial score (nSPS) is 18.7. The number of hydrogen-bond donors (Lipinski definition) is 6. The van der Waals surface area contributed by atoms with Crippen molar-refractivity contribution in [3.8, 4) is 5.75 Å². The molecule has 14 nitrogen and oxygen atoms in total. The summed E-state index contributed by atoms with van der Waals surface area (Å²) in [4.78, 5) is 46.0. The molecular formula is C31H46N4O10S. The third kappa shape index (κ3) is 14.8. The van der Waals surface area contributed by atoms with Crippen LogP contribution in [0.5, 0.6) is 5.75 Å². The maximum Gasteiger partial charge on any atom is 0.328 e. The summed E-state index contributed by atoms with van der Waals surface area (Å²) in [6, 6.07) is 5.12. The summed E-state index contributed by atoms with van der Waals surface area (Å²) in [6.07, 6.45) is 5.68. The Hall–Kier alpha value is -3.37. The molecule has 3 unspecified atom stereocenters. The van der Waals surface area contributed by atoms with Crippen LogP contribution in [0.1, 0.15) is 43.2 Å². The Balaban J connectivity index is 1.03. The lowest BCUT2D eigenvalue weighted by atomic mass is 10.0. The van der Waals surface area contributed by atoms with Gasteiger partial charge in [-0.1, -0.05) is 18.6 Å². The van der Waals surface area contributed by atoms with E-state index in [0.29, 0.717) is 75.6 Å². The Morgan fingerprint density at radius 3 is 2.26 bits per heavy atom. The summed E-state index contributed by atoms with van der Waals surface area (Å²) >= 11 is 1.89. The molecule has 0 saturated carbocycles. The van der Waals surface area contributed by atoms with Crippen molar-refractivity contribution < 1.29 is 48.3 Å². The van der Waals surface area contributed by atoms with E-state index in [1.54, 1.807) is 12.1 Å². The van der Waals surface area contributed by atoms with Crippen molar-refractivity contribution in [1.82, 2.24) is 21.3 Å². The van der Waals surface area contributed by atoms with Crippen molar-refractivity contribution in [3.05, 3.63) is 35.4 Å². The lowest BCUT2D eigenvalue weighted by molar-refractivity contribution is -0.131. The monoisotopic (exact) mass is 666 g/mol. The van der Waals surface area contributed by atoms with Crippen LogP contribution in [0.3, 0.4) is 0 Å². The molecule has 3 atom stereocenters. The molecule has 2 fully saturated rings. The van der Waals surface area contributed by atoms with E-state index in [2.05, 4.69) is 21.3 Å². The Morgan fingerprint density at radius 2 is 1.57 bits per heavy atom. The zero-order valence-corrected chi connectivity index (χ0v) is 26.8. The molecule has 0 radical (unpaired) electrons. The fourth-order valence-electron chi connectivity index (χ4n) is 4.84. The second-order valence-corrected chi connectivity index (χ2v) is 12.0. The summed E-state index contributed by atoms with van der Waals surface area (Å²) in [6.45, 7) is 3.73. The summed E-state index contributed by atoms with van der Waals surface area (Å²) in [5.74, 6) is -0.407. The zero-order chi connectivity index (χ0) is 33.0. The van der Waals surface area contributed by atoms with E-state index in [4.69, 9.17) is 24.1 Å². The number of carboxylic acids is 1. The van der Waals surface area contributed by atoms with Gasteiger partial charge in [0.05, 0.1) is 64.9 Å². The molecule has 1 aromatic carbocycles. The Labute approximate surface area is 273 Å². The number of benzene rings is 1. The minimum Gasteiger partial charge on any atom is -0.507 e. The number of carbonyl (C=O) groups excluding carboxylic acids is 3. The van der Waals surface area contributed by atoms with Gasteiger partial charge in [-0.2, -0.15) is 11.8 Å². The van der Waals surface area contributed by atoms with Crippen LogP contribution in [0.2, 0.25) is 0 Å². The van der Waals surface area contributed by atoms with Gasteiger partial charge in [-0.15, -0.1) is 0 Å². The van der Waals surface area contributed by atoms with Gasteiger partial charge in [0.15, 0.2) is 0 Å². The largest absolute Gasteiger partial charge is 0.507 e. The van der Waals surface area contributed by atoms with Crippen molar-refractivity contribution >= 4 is 41.7 Å². The molecule has 2 heterocycles. The molecular weight excluding hydrogens is 620 g/mol. The number of phenolic OH excluding ortho intramolecular Hbond substituents is 1. The predicted molar refractivity (Wildman–Crippen MR) is 171 cm³/mol. The van der Waals surface area contributed by atoms with Gasteiger partial charge in [-0.25, -0.2) is 9.59 Å². The first-order chi connectivity index (χ1) is 22.3. The standard InChI is InChI=1S/C31H46N4O10S/c36-25-19-22(5-6-23(25)7-8-29(39)40)20-33-28(38)9-11-42-13-15-44-17-18-45-16-14-43-12-10-32-27(37)4-2-1-3-26-30-24(21-46-26)34-31(41)35-30/h5-8,19,24,26,30,36H,1-4,9-18,20-21H2,(H,32,37)(H,33,38)(H,39,40)(H2,34,35,41)/b8-7+. The quantitative estimate of drug-likeness (QED) is 0.0531. The van der Waals surface area contributed by atoms with Crippen molar-refractivity contribution in [1.29, 1.82) is 0 Å². The zero-order valence-electron chi connectivity index (χ0n) is 26.0. The van der Waals surface area contributed by atoms with Gasteiger partial charge in [0.2, 0.25) is 11.8 Å². The number of rotatable bonds is 24. The van der Waals surface area contributed by atoms with Crippen molar-refractivity contribution in [2.45, 2.75) is 56.0 Å².